The van der Waals surface area contributed by atoms with Crippen molar-refractivity contribution in [1.29, 1.82) is 0 Å². The number of ether oxygens (including phenoxy) is 1. The lowest BCUT2D eigenvalue weighted by molar-refractivity contribution is -0.274. The monoisotopic (exact) mass is 369 g/mol. The Morgan fingerprint density at radius 1 is 1.15 bits per heavy atom. The number of aromatic hydroxyl groups is 1. The van der Waals surface area contributed by atoms with Gasteiger partial charge in [0.15, 0.2) is 0 Å². The minimum absolute atomic E-state index is 0.0805. The Balaban J connectivity index is 1.77. The highest BCUT2D eigenvalue weighted by Crippen LogP contribution is 2.41. The van der Waals surface area contributed by atoms with E-state index in [1.54, 1.807) is 12.1 Å². The highest BCUT2D eigenvalue weighted by atomic mass is 19.4. The number of nitrogens with zero attached hydrogens (tertiary/aromatic N) is 1. The van der Waals surface area contributed by atoms with Gasteiger partial charge in [-0.3, -0.25) is 4.90 Å². The third-order valence-corrected chi connectivity index (χ3v) is 4.52. The Hall–Kier alpha value is -2.28. The van der Waals surface area contributed by atoms with Crippen molar-refractivity contribution in [2.45, 2.75) is 32.3 Å². The number of phenols is 1. The molecule has 1 aliphatic heterocycles. The summed E-state index contributed by atoms with van der Waals surface area (Å²) in [4.78, 5) is 2.03. The molecule has 26 heavy (non-hydrogen) atoms. The van der Waals surface area contributed by atoms with Crippen LogP contribution in [0.25, 0.3) is 0 Å². The summed E-state index contributed by atoms with van der Waals surface area (Å²) in [5.74, 6) is -0.503. The van der Waals surface area contributed by atoms with Crippen molar-refractivity contribution in [3.05, 3.63) is 59.4 Å². The minimum Gasteiger partial charge on any atom is -0.508 e. The van der Waals surface area contributed by atoms with E-state index in [9.17, 15) is 22.7 Å². The number of halogens is 4. The molecule has 0 spiro atoms. The second-order valence-corrected chi connectivity index (χ2v) is 6.65. The highest BCUT2D eigenvalue weighted by Gasteiger charge is 2.34. The summed E-state index contributed by atoms with van der Waals surface area (Å²) in [6, 6.07) is 9.59. The summed E-state index contributed by atoms with van der Waals surface area (Å²) >= 11 is 0. The molecule has 3 rings (SSSR count). The Morgan fingerprint density at radius 3 is 2.46 bits per heavy atom. The molecule has 0 amide bonds. The minimum atomic E-state index is -4.72. The van der Waals surface area contributed by atoms with Gasteiger partial charge in [0.2, 0.25) is 0 Å². The number of hydrogen-bond donors (Lipinski definition) is 1. The van der Waals surface area contributed by atoms with E-state index in [1.165, 1.54) is 30.3 Å². The van der Waals surface area contributed by atoms with E-state index in [0.29, 0.717) is 25.4 Å². The third kappa shape index (κ3) is 4.27. The zero-order chi connectivity index (χ0) is 18.9. The quantitative estimate of drug-likeness (QED) is 0.769. The normalized spacial score (nSPS) is 21.1. The SMILES string of the molecule is CC1CC(c2c(O)cccc2F)N(Cc2ccc(OC(F)(F)F)cc2)C1. The van der Waals surface area contributed by atoms with Gasteiger partial charge in [-0.1, -0.05) is 25.1 Å². The van der Waals surface area contributed by atoms with Gasteiger partial charge in [0.25, 0.3) is 0 Å². The predicted octanol–water partition coefficient (Wildman–Crippen LogP) is 5.01. The van der Waals surface area contributed by atoms with Gasteiger partial charge in [-0.05, 0) is 42.2 Å². The Kier molecular flexibility index (Phi) is 5.09. The maximum Gasteiger partial charge on any atom is 0.573 e. The number of phenolic OH excluding ortho intramolecular Hbond substituents is 1. The van der Waals surface area contributed by atoms with Gasteiger partial charge < -0.3 is 9.84 Å². The second-order valence-electron chi connectivity index (χ2n) is 6.65. The average Bonchev–Trinajstić information content (AvgIpc) is 2.88. The first kappa shape index (κ1) is 18.5. The molecule has 0 saturated carbocycles. The summed E-state index contributed by atoms with van der Waals surface area (Å²) in [5, 5.41) is 10.1. The maximum absolute atomic E-state index is 14.2. The fourth-order valence-electron chi connectivity index (χ4n) is 3.49. The number of likely N-dealkylation sites (tertiary alicyclic amines) is 1. The largest absolute Gasteiger partial charge is 0.573 e. The van der Waals surface area contributed by atoms with Crippen LogP contribution in [-0.2, 0) is 6.54 Å². The van der Waals surface area contributed by atoms with E-state index in [1.807, 2.05) is 11.8 Å². The zero-order valence-electron chi connectivity index (χ0n) is 14.1. The molecule has 1 N–H and O–H groups in total. The molecule has 0 aliphatic carbocycles. The van der Waals surface area contributed by atoms with Crippen LogP contribution in [-0.4, -0.2) is 22.9 Å². The molecule has 0 bridgehead atoms. The number of hydrogen-bond acceptors (Lipinski definition) is 3. The van der Waals surface area contributed by atoms with Gasteiger partial charge in [0.1, 0.15) is 17.3 Å². The van der Waals surface area contributed by atoms with Crippen LogP contribution in [0, 0.1) is 11.7 Å². The zero-order valence-corrected chi connectivity index (χ0v) is 14.1. The van der Waals surface area contributed by atoms with Crippen LogP contribution in [0.5, 0.6) is 11.5 Å². The number of rotatable bonds is 4. The molecule has 0 aromatic heterocycles. The van der Waals surface area contributed by atoms with E-state index in [0.717, 1.165) is 5.56 Å². The first-order chi connectivity index (χ1) is 12.2. The Morgan fingerprint density at radius 2 is 1.85 bits per heavy atom. The molecule has 7 heteroatoms. The molecule has 1 fully saturated rings. The van der Waals surface area contributed by atoms with Crippen LogP contribution in [0.1, 0.15) is 30.5 Å². The molecular weight excluding hydrogens is 350 g/mol. The lowest BCUT2D eigenvalue weighted by Crippen LogP contribution is -2.24. The summed E-state index contributed by atoms with van der Waals surface area (Å²) in [7, 11) is 0. The van der Waals surface area contributed by atoms with Crippen molar-refractivity contribution >= 4 is 0 Å². The van der Waals surface area contributed by atoms with Crippen LogP contribution in [0.15, 0.2) is 42.5 Å². The number of benzene rings is 2. The predicted molar refractivity (Wildman–Crippen MR) is 88.1 cm³/mol. The molecule has 2 aromatic carbocycles. The summed E-state index contributed by atoms with van der Waals surface area (Å²) in [6.45, 7) is 3.19. The molecule has 0 radical (unpaired) electrons. The van der Waals surface area contributed by atoms with Crippen molar-refractivity contribution in [3.63, 3.8) is 0 Å². The van der Waals surface area contributed by atoms with Crippen molar-refractivity contribution in [2.24, 2.45) is 5.92 Å². The third-order valence-electron chi connectivity index (χ3n) is 4.52. The standard InChI is InChI=1S/C19H19F4NO2/c1-12-9-16(18-15(20)3-2-4-17(18)25)24(10-12)11-13-5-7-14(8-6-13)26-19(21,22)23/h2-8,12,16,25H,9-11H2,1H3. The fourth-order valence-corrected chi connectivity index (χ4v) is 3.49. The molecular formula is C19H19F4NO2. The second kappa shape index (κ2) is 7.15. The molecule has 3 nitrogen and oxygen atoms in total. The van der Waals surface area contributed by atoms with E-state index in [2.05, 4.69) is 4.74 Å². The maximum atomic E-state index is 14.2. The van der Waals surface area contributed by atoms with E-state index in [4.69, 9.17) is 0 Å². The van der Waals surface area contributed by atoms with Crippen molar-refractivity contribution < 1.29 is 27.4 Å². The summed E-state index contributed by atoms with van der Waals surface area (Å²) < 4.78 is 54.8. The molecule has 140 valence electrons. The summed E-state index contributed by atoms with van der Waals surface area (Å²) in [5.41, 5.74) is 1.06. The highest BCUT2D eigenvalue weighted by molar-refractivity contribution is 5.37. The average molecular weight is 369 g/mol. The molecule has 2 aromatic rings. The first-order valence-electron chi connectivity index (χ1n) is 8.29. The van der Waals surface area contributed by atoms with Crippen LogP contribution in [0.4, 0.5) is 17.6 Å². The van der Waals surface area contributed by atoms with Crippen LogP contribution in [0.2, 0.25) is 0 Å². The van der Waals surface area contributed by atoms with E-state index < -0.39 is 12.2 Å². The Labute approximate surface area is 148 Å². The van der Waals surface area contributed by atoms with Gasteiger partial charge >= 0.3 is 6.36 Å². The van der Waals surface area contributed by atoms with Crippen molar-refractivity contribution in [2.75, 3.05) is 6.54 Å². The topological polar surface area (TPSA) is 32.7 Å². The van der Waals surface area contributed by atoms with Crippen LogP contribution < -0.4 is 4.74 Å². The summed E-state index contributed by atoms with van der Waals surface area (Å²) in [6.07, 6.45) is -4.02. The van der Waals surface area contributed by atoms with Gasteiger partial charge in [-0.25, -0.2) is 4.39 Å². The van der Waals surface area contributed by atoms with Crippen LogP contribution in [0.3, 0.4) is 0 Å². The lowest BCUT2D eigenvalue weighted by atomic mass is 9.99. The van der Waals surface area contributed by atoms with Gasteiger partial charge in [-0.15, -0.1) is 13.2 Å². The fraction of sp³-hybridized carbons (Fsp3) is 0.368. The smallest absolute Gasteiger partial charge is 0.508 e. The molecule has 2 unspecified atom stereocenters. The molecule has 1 saturated heterocycles. The van der Waals surface area contributed by atoms with Crippen molar-refractivity contribution in [1.82, 2.24) is 4.90 Å². The van der Waals surface area contributed by atoms with E-state index in [-0.39, 0.29) is 23.1 Å². The lowest BCUT2D eigenvalue weighted by Gasteiger charge is -2.26. The Bertz CT molecular complexity index is 741. The van der Waals surface area contributed by atoms with E-state index >= 15 is 0 Å². The first-order valence-corrected chi connectivity index (χ1v) is 8.29. The number of alkyl halides is 3. The van der Waals surface area contributed by atoms with Gasteiger partial charge in [0.05, 0.1) is 0 Å². The molecule has 1 heterocycles. The van der Waals surface area contributed by atoms with Gasteiger partial charge in [0, 0.05) is 24.7 Å². The van der Waals surface area contributed by atoms with Crippen LogP contribution >= 0.6 is 0 Å². The van der Waals surface area contributed by atoms with Crippen molar-refractivity contribution in [3.8, 4) is 11.5 Å². The van der Waals surface area contributed by atoms with Gasteiger partial charge in [-0.2, -0.15) is 0 Å². The molecule has 2 atom stereocenters. The molecule has 1 aliphatic rings.